The Kier molecular flexibility index (Phi) is 5.04. The molecule has 7 heteroatoms. The molecule has 0 atom stereocenters. The van der Waals surface area contributed by atoms with Gasteiger partial charge in [0.2, 0.25) is 0 Å². The molecule has 1 fully saturated rings. The average molecular weight is 392 g/mol. The van der Waals surface area contributed by atoms with Crippen molar-refractivity contribution in [3.63, 3.8) is 0 Å². The largest absolute Gasteiger partial charge is 0.349 e. The molecule has 20 heavy (non-hydrogen) atoms. The van der Waals surface area contributed by atoms with E-state index in [1.54, 1.807) is 11.0 Å². The van der Waals surface area contributed by atoms with Crippen molar-refractivity contribution < 1.29 is 0 Å². The Morgan fingerprint density at radius 2 is 2.05 bits per heavy atom. The lowest BCUT2D eigenvalue weighted by Crippen LogP contribution is -2.72. The van der Waals surface area contributed by atoms with E-state index in [-0.39, 0.29) is 29.5 Å². The maximum atomic E-state index is 4.37. The van der Waals surface area contributed by atoms with Gasteiger partial charge >= 0.3 is 0 Å². The van der Waals surface area contributed by atoms with Gasteiger partial charge in [0.05, 0.1) is 6.54 Å². The Morgan fingerprint density at radius 1 is 1.40 bits per heavy atom. The maximum Gasteiger partial charge on any atom is 0.194 e. The minimum absolute atomic E-state index is 0. The number of guanidine groups is 1. The van der Waals surface area contributed by atoms with Gasteiger partial charge in [0.15, 0.2) is 5.96 Å². The van der Waals surface area contributed by atoms with Crippen molar-refractivity contribution in [1.29, 1.82) is 0 Å². The highest BCUT2D eigenvalue weighted by atomic mass is 127. The van der Waals surface area contributed by atoms with Crippen LogP contribution in [-0.4, -0.2) is 44.8 Å². The van der Waals surface area contributed by atoms with Crippen molar-refractivity contribution in [1.82, 2.24) is 25.0 Å². The number of nitrogens with zero attached hydrogens (tertiary/aromatic N) is 5. The third-order valence-corrected chi connectivity index (χ3v) is 4.56. The van der Waals surface area contributed by atoms with E-state index in [1.807, 2.05) is 14.1 Å². The van der Waals surface area contributed by atoms with Gasteiger partial charge in [-0.15, -0.1) is 24.0 Å². The highest BCUT2D eigenvalue weighted by molar-refractivity contribution is 14.0. The zero-order valence-corrected chi connectivity index (χ0v) is 15.5. The van der Waals surface area contributed by atoms with Gasteiger partial charge in [0.1, 0.15) is 12.2 Å². The maximum absolute atomic E-state index is 4.37. The van der Waals surface area contributed by atoms with E-state index in [2.05, 4.69) is 53.0 Å². The molecule has 1 aliphatic rings. The van der Waals surface area contributed by atoms with Gasteiger partial charge in [-0.25, -0.2) is 4.98 Å². The number of nitrogens with one attached hydrogen (secondary N) is 1. The molecule has 1 aliphatic heterocycles. The van der Waals surface area contributed by atoms with Crippen molar-refractivity contribution in [2.24, 2.45) is 17.5 Å². The Bertz CT molecular complexity index is 491. The van der Waals surface area contributed by atoms with Gasteiger partial charge in [-0.1, -0.05) is 13.8 Å². The van der Waals surface area contributed by atoms with Crippen molar-refractivity contribution in [3.05, 3.63) is 12.2 Å². The van der Waals surface area contributed by atoms with E-state index in [0.717, 1.165) is 18.3 Å². The molecule has 6 nitrogen and oxygen atoms in total. The third-order valence-electron chi connectivity index (χ3n) is 4.56. The van der Waals surface area contributed by atoms with Gasteiger partial charge in [-0.3, -0.25) is 9.67 Å². The van der Waals surface area contributed by atoms with E-state index < -0.39 is 0 Å². The molecule has 0 spiro atoms. The van der Waals surface area contributed by atoms with Crippen molar-refractivity contribution in [2.45, 2.75) is 39.8 Å². The highest BCUT2D eigenvalue weighted by Gasteiger charge is 2.53. The molecule has 0 amide bonds. The van der Waals surface area contributed by atoms with Crippen LogP contribution in [0, 0.1) is 5.41 Å². The predicted molar refractivity (Wildman–Crippen MR) is 91.2 cm³/mol. The lowest BCUT2D eigenvalue weighted by atomic mass is 9.65. The average Bonchev–Trinajstić information content (AvgIpc) is 2.74. The summed E-state index contributed by atoms with van der Waals surface area (Å²) in [7, 11) is 3.71. The number of hydrogen-bond donors (Lipinski definition) is 1. The van der Waals surface area contributed by atoms with Gasteiger partial charge < -0.3 is 10.2 Å². The van der Waals surface area contributed by atoms with Crippen LogP contribution < -0.4 is 5.32 Å². The third kappa shape index (κ3) is 2.77. The molecular formula is C13H25IN6. The van der Waals surface area contributed by atoms with Gasteiger partial charge in [0.25, 0.3) is 0 Å². The lowest BCUT2D eigenvalue weighted by Gasteiger charge is -2.62. The number of aliphatic imine (C=N–C) groups is 1. The molecule has 1 aromatic heterocycles. The standard InChI is InChI=1S/C13H24N6.HI/c1-12(2)8-19(13(12,3)4)11(14-5)15-7-10-16-9-17-18(10)6;/h9H,7-8H2,1-6H3,(H,14,15);1H. The molecule has 0 radical (unpaired) electrons. The summed E-state index contributed by atoms with van der Waals surface area (Å²) in [5.41, 5.74) is 0.407. The van der Waals surface area contributed by atoms with E-state index in [4.69, 9.17) is 0 Å². The summed E-state index contributed by atoms with van der Waals surface area (Å²) in [6, 6.07) is 0. The molecule has 0 saturated carbocycles. The molecule has 1 N–H and O–H groups in total. The van der Waals surface area contributed by atoms with Crippen molar-refractivity contribution in [3.8, 4) is 0 Å². The molecule has 1 aromatic rings. The molecule has 2 rings (SSSR count). The summed E-state index contributed by atoms with van der Waals surface area (Å²) in [6.45, 7) is 10.7. The highest BCUT2D eigenvalue weighted by Crippen LogP contribution is 2.46. The first kappa shape index (κ1) is 17.2. The fourth-order valence-electron chi connectivity index (χ4n) is 2.33. The second-order valence-electron chi connectivity index (χ2n) is 6.23. The summed E-state index contributed by atoms with van der Waals surface area (Å²) in [5, 5.41) is 7.42. The quantitative estimate of drug-likeness (QED) is 0.472. The molecule has 0 unspecified atom stereocenters. The summed E-state index contributed by atoms with van der Waals surface area (Å²) in [4.78, 5) is 10.9. The SMILES string of the molecule is CN=C(NCc1ncnn1C)N1CC(C)(C)C1(C)C.I. The number of likely N-dealkylation sites (tertiary alicyclic amines) is 1. The lowest BCUT2D eigenvalue weighted by molar-refractivity contribution is -0.0668. The summed E-state index contributed by atoms with van der Waals surface area (Å²) >= 11 is 0. The second kappa shape index (κ2) is 5.87. The number of hydrogen-bond acceptors (Lipinski definition) is 3. The molecule has 114 valence electrons. The van der Waals surface area contributed by atoms with Crippen LogP contribution in [0.5, 0.6) is 0 Å². The van der Waals surface area contributed by atoms with E-state index in [9.17, 15) is 0 Å². The van der Waals surface area contributed by atoms with Crippen LogP contribution in [0.3, 0.4) is 0 Å². The Hall–Kier alpha value is -0.860. The normalized spacial score (nSPS) is 20.1. The fourth-order valence-corrected chi connectivity index (χ4v) is 2.33. The van der Waals surface area contributed by atoms with Crippen LogP contribution in [0.4, 0.5) is 0 Å². The molecule has 0 aromatic carbocycles. The molecule has 0 bridgehead atoms. The van der Waals surface area contributed by atoms with Gasteiger partial charge in [0, 0.05) is 31.6 Å². The number of rotatable bonds is 2. The van der Waals surface area contributed by atoms with Crippen LogP contribution in [0.1, 0.15) is 33.5 Å². The van der Waals surface area contributed by atoms with Crippen LogP contribution in [-0.2, 0) is 13.6 Å². The van der Waals surface area contributed by atoms with Crippen LogP contribution >= 0.6 is 24.0 Å². The predicted octanol–water partition coefficient (Wildman–Crippen LogP) is 1.63. The summed E-state index contributed by atoms with van der Waals surface area (Å²) < 4.78 is 1.77. The first-order valence-electron chi connectivity index (χ1n) is 6.61. The number of aryl methyl sites for hydroxylation is 1. The van der Waals surface area contributed by atoms with Crippen molar-refractivity contribution >= 4 is 29.9 Å². The smallest absolute Gasteiger partial charge is 0.194 e. The topological polar surface area (TPSA) is 58.3 Å². The first-order chi connectivity index (χ1) is 8.79. The summed E-state index contributed by atoms with van der Waals surface area (Å²) in [5.74, 6) is 1.83. The molecule has 2 heterocycles. The van der Waals surface area contributed by atoms with Crippen LogP contribution in [0.15, 0.2) is 11.3 Å². The molecular weight excluding hydrogens is 367 g/mol. The Morgan fingerprint density at radius 3 is 2.45 bits per heavy atom. The minimum Gasteiger partial charge on any atom is -0.349 e. The second-order valence-corrected chi connectivity index (χ2v) is 6.23. The fraction of sp³-hybridized carbons (Fsp3) is 0.769. The van der Waals surface area contributed by atoms with Crippen LogP contribution in [0.25, 0.3) is 0 Å². The minimum atomic E-state index is 0. The number of halogens is 1. The van der Waals surface area contributed by atoms with E-state index >= 15 is 0 Å². The van der Waals surface area contributed by atoms with Gasteiger partial charge in [-0.05, 0) is 13.8 Å². The van der Waals surface area contributed by atoms with Gasteiger partial charge in [-0.2, -0.15) is 5.10 Å². The Balaban J connectivity index is 0.00000200. The molecule has 1 saturated heterocycles. The van der Waals surface area contributed by atoms with E-state index in [0.29, 0.717) is 12.0 Å². The molecule has 0 aliphatic carbocycles. The monoisotopic (exact) mass is 392 g/mol. The number of aromatic nitrogens is 3. The first-order valence-corrected chi connectivity index (χ1v) is 6.61. The Labute approximate surface area is 138 Å². The van der Waals surface area contributed by atoms with Crippen molar-refractivity contribution in [2.75, 3.05) is 13.6 Å². The summed E-state index contributed by atoms with van der Waals surface area (Å²) in [6.07, 6.45) is 1.57. The van der Waals surface area contributed by atoms with Crippen LogP contribution in [0.2, 0.25) is 0 Å². The zero-order chi connectivity index (χ0) is 14.3. The zero-order valence-electron chi connectivity index (χ0n) is 13.1. The van der Waals surface area contributed by atoms with E-state index in [1.165, 1.54) is 0 Å².